The number of aromatic nitrogens is 4. The highest BCUT2D eigenvalue weighted by molar-refractivity contribution is 5.91. The van der Waals surface area contributed by atoms with Crippen LogP contribution in [0.2, 0.25) is 0 Å². The smallest absolute Gasteiger partial charge is 0.387 e. The number of piperidine rings is 1. The fourth-order valence-corrected chi connectivity index (χ4v) is 4.24. The SMILES string of the molecule is Cc1c[nH]c2c(OC(F)F)ccc(CNc3cnc4ccc(N5CCC(O)CC5)nc4n3)c12. The van der Waals surface area contributed by atoms with Gasteiger partial charge in [-0.15, -0.1) is 0 Å². The van der Waals surface area contributed by atoms with Crippen molar-refractivity contribution in [3.8, 4) is 5.75 Å². The second-order valence-corrected chi connectivity index (χ2v) is 8.16. The van der Waals surface area contributed by atoms with Crippen LogP contribution in [0.4, 0.5) is 20.4 Å². The third kappa shape index (κ3) is 4.38. The van der Waals surface area contributed by atoms with Crippen molar-refractivity contribution in [2.75, 3.05) is 23.3 Å². The minimum Gasteiger partial charge on any atom is -0.433 e. The van der Waals surface area contributed by atoms with Crippen LogP contribution in [0.3, 0.4) is 0 Å². The van der Waals surface area contributed by atoms with Gasteiger partial charge in [0.25, 0.3) is 0 Å². The lowest BCUT2D eigenvalue weighted by atomic mass is 10.1. The first-order valence-corrected chi connectivity index (χ1v) is 10.8. The Bertz CT molecular complexity index is 1290. The molecule has 1 aliphatic heterocycles. The molecule has 4 aromatic rings. The Hall–Kier alpha value is -3.53. The van der Waals surface area contributed by atoms with E-state index in [1.165, 1.54) is 6.07 Å². The van der Waals surface area contributed by atoms with Gasteiger partial charge in [0.2, 0.25) is 0 Å². The first-order chi connectivity index (χ1) is 16.0. The van der Waals surface area contributed by atoms with Crippen molar-refractivity contribution >= 4 is 33.7 Å². The van der Waals surface area contributed by atoms with Crippen LogP contribution in [0.1, 0.15) is 24.0 Å². The number of aliphatic hydroxyl groups excluding tert-OH is 1. The zero-order valence-electron chi connectivity index (χ0n) is 18.1. The minimum atomic E-state index is -2.89. The van der Waals surface area contributed by atoms with E-state index in [0.717, 1.165) is 48.3 Å². The standard InChI is InChI=1S/C23H24F2N6O2/c1-13-10-28-21-17(33-23(24)25)4-2-14(20(13)21)11-27-18-12-26-16-3-5-19(30-22(16)29-18)31-8-6-15(32)7-9-31/h2-5,10,12,15,23,28,32H,6-9,11H2,1H3,(H,27,29,30). The lowest BCUT2D eigenvalue weighted by Gasteiger charge is -2.30. The number of pyridine rings is 1. The van der Waals surface area contributed by atoms with E-state index in [4.69, 9.17) is 0 Å². The molecule has 0 spiro atoms. The molecular weight excluding hydrogens is 430 g/mol. The van der Waals surface area contributed by atoms with E-state index in [9.17, 15) is 13.9 Å². The molecule has 0 radical (unpaired) electrons. The summed E-state index contributed by atoms with van der Waals surface area (Å²) in [5.41, 5.74) is 3.62. The number of ether oxygens (including phenoxy) is 1. The zero-order valence-corrected chi connectivity index (χ0v) is 18.1. The molecule has 172 valence electrons. The van der Waals surface area contributed by atoms with Crippen LogP contribution >= 0.6 is 0 Å². The normalized spacial score (nSPS) is 15.0. The number of halogens is 2. The van der Waals surface area contributed by atoms with E-state index in [1.807, 2.05) is 19.1 Å². The van der Waals surface area contributed by atoms with Gasteiger partial charge < -0.3 is 25.0 Å². The van der Waals surface area contributed by atoms with Crippen LogP contribution in [0.25, 0.3) is 22.1 Å². The number of rotatable bonds is 6. The summed E-state index contributed by atoms with van der Waals surface area (Å²) in [7, 11) is 0. The third-order valence-electron chi connectivity index (χ3n) is 5.94. The van der Waals surface area contributed by atoms with E-state index >= 15 is 0 Å². The average Bonchev–Trinajstić information content (AvgIpc) is 3.20. The molecule has 8 nitrogen and oxygen atoms in total. The van der Waals surface area contributed by atoms with E-state index in [2.05, 4.69) is 34.9 Å². The molecule has 3 N–H and O–H groups in total. The van der Waals surface area contributed by atoms with Crippen molar-refractivity contribution in [1.82, 2.24) is 19.9 Å². The quantitative estimate of drug-likeness (QED) is 0.405. The molecule has 0 unspecified atom stereocenters. The second-order valence-electron chi connectivity index (χ2n) is 8.16. The summed E-state index contributed by atoms with van der Waals surface area (Å²) < 4.78 is 30.1. The molecule has 0 atom stereocenters. The summed E-state index contributed by atoms with van der Waals surface area (Å²) in [6.45, 7) is 0.953. The van der Waals surface area contributed by atoms with Crippen LogP contribution < -0.4 is 15.0 Å². The van der Waals surface area contributed by atoms with Gasteiger partial charge >= 0.3 is 6.61 Å². The molecule has 1 aliphatic rings. The van der Waals surface area contributed by atoms with Gasteiger partial charge in [0.15, 0.2) is 5.65 Å². The number of aromatic amines is 1. The largest absolute Gasteiger partial charge is 0.433 e. The van der Waals surface area contributed by atoms with Gasteiger partial charge in [-0.2, -0.15) is 8.78 Å². The molecule has 4 heterocycles. The third-order valence-corrected chi connectivity index (χ3v) is 5.94. The van der Waals surface area contributed by atoms with Crippen LogP contribution in [0, 0.1) is 6.92 Å². The number of aryl methyl sites for hydroxylation is 1. The summed E-state index contributed by atoms with van der Waals surface area (Å²) in [5, 5.41) is 13.8. The van der Waals surface area contributed by atoms with E-state index in [0.29, 0.717) is 29.0 Å². The van der Waals surface area contributed by atoms with Gasteiger partial charge in [-0.05, 0) is 49.1 Å². The van der Waals surface area contributed by atoms with Crippen molar-refractivity contribution in [1.29, 1.82) is 0 Å². The molecule has 1 aromatic carbocycles. The van der Waals surface area contributed by atoms with Crippen molar-refractivity contribution in [2.24, 2.45) is 0 Å². The first-order valence-electron chi connectivity index (χ1n) is 10.8. The van der Waals surface area contributed by atoms with Crippen molar-refractivity contribution in [2.45, 2.75) is 39.0 Å². The highest BCUT2D eigenvalue weighted by Gasteiger charge is 2.19. The second kappa shape index (κ2) is 8.78. The van der Waals surface area contributed by atoms with Crippen LogP contribution in [0.5, 0.6) is 5.75 Å². The Morgan fingerprint density at radius 2 is 2.03 bits per heavy atom. The predicted octanol–water partition coefficient (Wildman–Crippen LogP) is 3.99. The van der Waals surface area contributed by atoms with Crippen LogP contribution in [-0.2, 0) is 6.54 Å². The molecule has 3 aromatic heterocycles. The number of hydrogen-bond acceptors (Lipinski definition) is 7. The Balaban J connectivity index is 1.37. The molecule has 33 heavy (non-hydrogen) atoms. The van der Waals surface area contributed by atoms with Gasteiger partial charge in [-0.3, -0.25) is 0 Å². The monoisotopic (exact) mass is 454 g/mol. The van der Waals surface area contributed by atoms with E-state index in [-0.39, 0.29) is 11.9 Å². The summed E-state index contributed by atoms with van der Waals surface area (Å²) in [4.78, 5) is 18.9. The van der Waals surface area contributed by atoms with Crippen molar-refractivity contribution < 1.29 is 18.6 Å². The molecule has 1 fully saturated rings. The summed E-state index contributed by atoms with van der Waals surface area (Å²) >= 11 is 0. The number of anilines is 2. The van der Waals surface area contributed by atoms with E-state index < -0.39 is 6.61 Å². The fourth-order valence-electron chi connectivity index (χ4n) is 4.24. The van der Waals surface area contributed by atoms with Crippen molar-refractivity contribution in [3.63, 3.8) is 0 Å². The summed E-state index contributed by atoms with van der Waals surface area (Å²) in [6, 6.07) is 7.13. The molecule has 0 bridgehead atoms. The lowest BCUT2D eigenvalue weighted by molar-refractivity contribution is -0.0489. The number of nitrogens with zero attached hydrogens (tertiary/aromatic N) is 4. The summed E-state index contributed by atoms with van der Waals surface area (Å²) in [6.07, 6.45) is 4.62. The van der Waals surface area contributed by atoms with Crippen LogP contribution in [0.15, 0.2) is 36.7 Å². The van der Waals surface area contributed by atoms with Gasteiger partial charge in [-0.25, -0.2) is 15.0 Å². The minimum absolute atomic E-state index is 0.115. The Morgan fingerprint density at radius 1 is 1.21 bits per heavy atom. The zero-order chi connectivity index (χ0) is 22.9. The maximum atomic E-state index is 12.7. The lowest BCUT2D eigenvalue weighted by Crippen LogP contribution is -2.36. The van der Waals surface area contributed by atoms with E-state index in [1.54, 1.807) is 18.5 Å². The number of alkyl halides is 2. The molecule has 0 saturated carbocycles. The van der Waals surface area contributed by atoms with Crippen LogP contribution in [-0.4, -0.2) is 50.8 Å². The molecule has 10 heteroatoms. The van der Waals surface area contributed by atoms with Gasteiger partial charge in [0, 0.05) is 31.2 Å². The Kier molecular flexibility index (Phi) is 5.67. The summed E-state index contributed by atoms with van der Waals surface area (Å²) in [5.74, 6) is 1.50. The highest BCUT2D eigenvalue weighted by atomic mass is 19.3. The molecule has 5 rings (SSSR count). The molecule has 0 aliphatic carbocycles. The maximum Gasteiger partial charge on any atom is 0.387 e. The fraction of sp³-hybridized carbons (Fsp3) is 0.348. The number of benzene rings is 1. The maximum absolute atomic E-state index is 12.7. The molecular formula is C23H24F2N6O2. The van der Waals surface area contributed by atoms with Gasteiger partial charge in [-0.1, -0.05) is 6.07 Å². The number of aliphatic hydroxyl groups is 1. The molecule has 0 amide bonds. The number of hydrogen-bond donors (Lipinski definition) is 3. The Morgan fingerprint density at radius 3 is 2.82 bits per heavy atom. The number of nitrogens with one attached hydrogen (secondary N) is 2. The predicted molar refractivity (Wildman–Crippen MR) is 122 cm³/mol. The Labute approximate surface area is 188 Å². The van der Waals surface area contributed by atoms with Gasteiger partial charge in [0.1, 0.15) is 22.9 Å². The average molecular weight is 454 g/mol. The van der Waals surface area contributed by atoms with Gasteiger partial charge in [0.05, 0.1) is 17.8 Å². The first kappa shape index (κ1) is 21.3. The van der Waals surface area contributed by atoms with Crippen molar-refractivity contribution in [3.05, 3.63) is 47.8 Å². The highest BCUT2D eigenvalue weighted by Crippen LogP contribution is 2.31. The topological polar surface area (TPSA) is 99.2 Å². The number of H-pyrrole nitrogens is 1. The number of fused-ring (bicyclic) bond motifs is 2. The molecule has 1 saturated heterocycles.